The van der Waals surface area contributed by atoms with Crippen LogP contribution in [0.1, 0.15) is 11.4 Å². The number of nitrogens with two attached hydrogens (primary N) is 1. The van der Waals surface area contributed by atoms with Crippen LogP contribution in [0.4, 0.5) is 0 Å². The first-order chi connectivity index (χ1) is 9.78. The van der Waals surface area contributed by atoms with Crippen molar-refractivity contribution in [3.8, 4) is 0 Å². The van der Waals surface area contributed by atoms with E-state index in [-0.39, 0.29) is 5.84 Å². The highest BCUT2D eigenvalue weighted by atomic mass is 16.4. The normalized spacial score (nSPS) is 11.9. The third-order valence-electron chi connectivity index (χ3n) is 3.11. The standard InChI is InChI=1S/C14H13N5O/c15-14(18-20)11-3-2-10-4-7-19(12(10)8-11)9-13-16-5-1-6-17-13/h1-8,20H,9H2,(H2,15,18). The van der Waals surface area contributed by atoms with Gasteiger partial charge in [0.05, 0.1) is 6.54 Å². The maximum atomic E-state index is 8.75. The first kappa shape index (κ1) is 12.2. The minimum atomic E-state index is 0.0932. The molecule has 0 aliphatic heterocycles. The molecule has 0 radical (unpaired) electrons. The molecule has 0 bridgehead atoms. The molecule has 3 rings (SSSR count). The number of aromatic nitrogens is 3. The number of amidine groups is 1. The zero-order chi connectivity index (χ0) is 13.9. The molecule has 0 amide bonds. The Morgan fingerprint density at radius 2 is 2.05 bits per heavy atom. The van der Waals surface area contributed by atoms with Gasteiger partial charge in [0.15, 0.2) is 5.84 Å². The summed E-state index contributed by atoms with van der Waals surface area (Å²) in [6.07, 6.45) is 5.41. The molecule has 100 valence electrons. The maximum absolute atomic E-state index is 8.75. The number of fused-ring (bicyclic) bond motifs is 1. The van der Waals surface area contributed by atoms with Gasteiger partial charge in [0.2, 0.25) is 0 Å². The van der Waals surface area contributed by atoms with Gasteiger partial charge < -0.3 is 15.5 Å². The highest BCUT2D eigenvalue weighted by Gasteiger charge is 2.06. The van der Waals surface area contributed by atoms with Crippen LogP contribution in [0, 0.1) is 0 Å². The zero-order valence-electron chi connectivity index (χ0n) is 10.6. The lowest BCUT2D eigenvalue weighted by atomic mass is 10.1. The fourth-order valence-corrected chi connectivity index (χ4v) is 2.10. The summed E-state index contributed by atoms with van der Waals surface area (Å²) in [6.45, 7) is 0.573. The number of rotatable bonds is 3. The predicted molar refractivity (Wildman–Crippen MR) is 75.6 cm³/mol. The highest BCUT2D eigenvalue weighted by Crippen LogP contribution is 2.18. The van der Waals surface area contributed by atoms with Gasteiger partial charge in [0.25, 0.3) is 0 Å². The van der Waals surface area contributed by atoms with Crippen molar-refractivity contribution < 1.29 is 5.21 Å². The molecule has 0 spiro atoms. The second-order valence-electron chi connectivity index (χ2n) is 4.37. The van der Waals surface area contributed by atoms with Gasteiger partial charge in [-0.15, -0.1) is 0 Å². The van der Waals surface area contributed by atoms with E-state index in [2.05, 4.69) is 15.1 Å². The summed E-state index contributed by atoms with van der Waals surface area (Å²) in [4.78, 5) is 8.43. The van der Waals surface area contributed by atoms with E-state index in [1.54, 1.807) is 18.5 Å². The molecule has 0 aliphatic carbocycles. The van der Waals surface area contributed by atoms with E-state index in [0.29, 0.717) is 12.1 Å². The van der Waals surface area contributed by atoms with E-state index in [1.165, 1.54) is 0 Å². The highest BCUT2D eigenvalue weighted by molar-refractivity contribution is 6.00. The molecule has 6 nitrogen and oxygen atoms in total. The summed E-state index contributed by atoms with van der Waals surface area (Å²) in [6, 6.07) is 9.43. The summed E-state index contributed by atoms with van der Waals surface area (Å²) in [5.41, 5.74) is 7.29. The van der Waals surface area contributed by atoms with Gasteiger partial charge in [-0.25, -0.2) is 9.97 Å². The van der Waals surface area contributed by atoms with Gasteiger partial charge in [0.1, 0.15) is 5.82 Å². The van der Waals surface area contributed by atoms with Gasteiger partial charge in [0, 0.05) is 29.7 Å². The Balaban J connectivity index is 2.03. The van der Waals surface area contributed by atoms with E-state index in [4.69, 9.17) is 10.9 Å². The van der Waals surface area contributed by atoms with Crippen LogP contribution in [-0.2, 0) is 6.54 Å². The van der Waals surface area contributed by atoms with E-state index in [1.807, 2.05) is 35.0 Å². The van der Waals surface area contributed by atoms with Crippen LogP contribution < -0.4 is 5.73 Å². The Morgan fingerprint density at radius 3 is 2.80 bits per heavy atom. The number of hydrogen-bond donors (Lipinski definition) is 2. The quantitative estimate of drug-likeness (QED) is 0.326. The Labute approximate surface area is 115 Å². The molecule has 0 saturated heterocycles. The molecular weight excluding hydrogens is 254 g/mol. The average molecular weight is 267 g/mol. The fraction of sp³-hybridized carbons (Fsp3) is 0.0714. The molecule has 0 aliphatic rings. The smallest absolute Gasteiger partial charge is 0.170 e. The predicted octanol–water partition coefficient (Wildman–Crippen LogP) is 1.57. The van der Waals surface area contributed by atoms with Gasteiger partial charge in [-0.1, -0.05) is 17.3 Å². The Kier molecular flexibility index (Phi) is 3.04. The van der Waals surface area contributed by atoms with Crippen LogP contribution in [0.25, 0.3) is 10.9 Å². The van der Waals surface area contributed by atoms with Crippen LogP contribution in [-0.4, -0.2) is 25.6 Å². The summed E-state index contributed by atoms with van der Waals surface area (Å²) < 4.78 is 2.03. The number of hydrogen-bond acceptors (Lipinski definition) is 4. The van der Waals surface area contributed by atoms with Crippen molar-refractivity contribution in [1.82, 2.24) is 14.5 Å². The van der Waals surface area contributed by atoms with Crippen LogP contribution in [0.2, 0.25) is 0 Å². The van der Waals surface area contributed by atoms with Gasteiger partial charge in [-0.3, -0.25) is 0 Å². The van der Waals surface area contributed by atoms with Crippen molar-refractivity contribution in [1.29, 1.82) is 0 Å². The molecule has 0 fully saturated rings. The maximum Gasteiger partial charge on any atom is 0.170 e. The molecular formula is C14H13N5O. The SMILES string of the molecule is N/C(=N/O)c1ccc2ccn(Cc3ncccn3)c2c1. The van der Waals surface area contributed by atoms with Crippen molar-refractivity contribution in [3.63, 3.8) is 0 Å². The van der Waals surface area contributed by atoms with Gasteiger partial charge in [-0.05, 0) is 23.6 Å². The Morgan fingerprint density at radius 1 is 1.25 bits per heavy atom. The van der Waals surface area contributed by atoms with Crippen LogP contribution in [0.5, 0.6) is 0 Å². The van der Waals surface area contributed by atoms with Crippen LogP contribution in [0.15, 0.2) is 54.1 Å². The fourth-order valence-electron chi connectivity index (χ4n) is 2.10. The third-order valence-corrected chi connectivity index (χ3v) is 3.11. The molecule has 2 heterocycles. The van der Waals surface area contributed by atoms with Crippen LogP contribution >= 0.6 is 0 Å². The molecule has 0 saturated carbocycles. The third kappa shape index (κ3) is 2.18. The monoisotopic (exact) mass is 267 g/mol. The number of nitrogens with zero attached hydrogens (tertiary/aromatic N) is 4. The van der Waals surface area contributed by atoms with E-state index < -0.39 is 0 Å². The summed E-state index contributed by atoms with van der Waals surface area (Å²) >= 11 is 0. The second kappa shape index (κ2) is 5.00. The minimum Gasteiger partial charge on any atom is -0.409 e. The average Bonchev–Trinajstić information content (AvgIpc) is 2.90. The van der Waals surface area contributed by atoms with Gasteiger partial charge in [-0.2, -0.15) is 0 Å². The molecule has 0 unspecified atom stereocenters. The largest absolute Gasteiger partial charge is 0.409 e. The first-order valence-electron chi connectivity index (χ1n) is 6.10. The van der Waals surface area contributed by atoms with Crippen molar-refractivity contribution >= 4 is 16.7 Å². The molecule has 20 heavy (non-hydrogen) atoms. The lowest BCUT2D eigenvalue weighted by Crippen LogP contribution is -2.13. The minimum absolute atomic E-state index is 0.0932. The van der Waals surface area contributed by atoms with E-state index >= 15 is 0 Å². The van der Waals surface area contributed by atoms with E-state index in [9.17, 15) is 0 Å². The lowest BCUT2D eigenvalue weighted by molar-refractivity contribution is 0.318. The van der Waals surface area contributed by atoms with Crippen molar-refractivity contribution in [2.75, 3.05) is 0 Å². The summed E-state index contributed by atoms with van der Waals surface area (Å²) in [5.74, 6) is 0.829. The topological polar surface area (TPSA) is 89.3 Å². The molecule has 6 heteroatoms. The van der Waals surface area contributed by atoms with Crippen molar-refractivity contribution in [3.05, 3.63) is 60.3 Å². The second-order valence-corrected chi connectivity index (χ2v) is 4.37. The summed E-state index contributed by atoms with van der Waals surface area (Å²) in [7, 11) is 0. The molecule has 1 aromatic carbocycles. The first-order valence-corrected chi connectivity index (χ1v) is 6.10. The molecule has 0 atom stereocenters. The molecule has 3 N–H and O–H groups in total. The number of oxime groups is 1. The van der Waals surface area contributed by atoms with Gasteiger partial charge >= 0.3 is 0 Å². The van der Waals surface area contributed by atoms with Crippen LogP contribution in [0.3, 0.4) is 0 Å². The molecule has 3 aromatic rings. The Bertz CT molecular complexity index is 764. The Hall–Kier alpha value is -2.89. The van der Waals surface area contributed by atoms with Crippen molar-refractivity contribution in [2.45, 2.75) is 6.54 Å². The number of benzene rings is 1. The van der Waals surface area contributed by atoms with Crippen molar-refractivity contribution in [2.24, 2.45) is 10.9 Å². The lowest BCUT2D eigenvalue weighted by Gasteiger charge is -2.05. The summed E-state index contributed by atoms with van der Waals surface area (Å²) in [5, 5.41) is 12.9. The zero-order valence-corrected chi connectivity index (χ0v) is 10.6. The molecule has 2 aromatic heterocycles. The van der Waals surface area contributed by atoms with E-state index in [0.717, 1.165) is 16.7 Å².